The van der Waals surface area contributed by atoms with Crippen molar-refractivity contribution in [2.75, 3.05) is 5.32 Å². The van der Waals surface area contributed by atoms with Gasteiger partial charge in [0.15, 0.2) is 0 Å². The minimum absolute atomic E-state index is 0.0357. The lowest BCUT2D eigenvalue weighted by Gasteiger charge is -2.14. The molecule has 1 aromatic heterocycles. The molecule has 1 atom stereocenters. The van der Waals surface area contributed by atoms with Crippen LogP contribution < -0.4 is 5.32 Å². The standard InChI is InChI=1S/C22H24N4OS/c1-14-8-7-9-15(2)19(14)23-21(27)16(3)28-22-24-20(17-12-13-17)26(25-22)18-10-5-4-6-11-18/h4-11,16-17H,12-13H2,1-3H3,(H,23,27). The summed E-state index contributed by atoms with van der Waals surface area (Å²) < 4.78 is 1.93. The van der Waals surface area contributed by atoms with Crippen molar-refractivity contribution in [3.8, 4) is 5.69 Å². The molecule has 0 aliphatic heterocycles. The van der Waals surface area contributed by atoms with E-state index in [1.807, 2.05) is 74.0 Å². The number of aromatic nitrogens is 3. The summed E-state index contributed by atoms with van der Waals surface area (Å²) >= 11 is 1.40. The lowest BCUT2D eigenvalue weighted by molar-refractivity contribution is -0.115. The number of benzene rings is 2. The maximum Gasteiger partial charge on any atom is 0.237 e. The Morgan fingerprint density at radius 3 is 2.43 bits per heavy atom. The minimum Gasteiger partial charge on any atom is -0.325 e. The van der Waals surface area contributed by atoms with E-state index in [1.165, 1.54) is 11.8 Å². The average molecular weight is 393 g/mol. The van der Waals surface area contributed by atoms with Crippen LogP contribution in [-0.2, 0) is 4.79 Å². The zero-order chi connectivity index (χ0) is 19.7. The molecule has 144 valence electrons. The first-order valence-corrected chi connectivity index (χ1v) is 10.5. The Bertz CT molecular complexity index is 975. The molecule has 5 nitrogen and oxygen atoms in total. The molecule has 1 saturated carbocycles. The minimum atomic E-state index is -0.294. The molecule has 1 N–H and O–H groups in total. The van der Waals surface area contributed by atoms with Crippen LogP contribution in [0.15, 0.2) is 53.7 Å². The molecular formula is C22H24N4OS. The van der Waals surface area contributed by atoms with Crippen molar-refractivity contribution in [2.45, 2.75) is 49.9 Å². The van der Waals surface area contributed by atoms with Gasteiger partial charge in [0.05, 0.1) is 10.9 Å². The van der Waals surface area contributed by atoms with Crippen molar-refractivity contribution in [3.05, 3.63) is 65.5 Å². The molecule has 1 aliphatic rings. The molecule has 1 amide bonds. The Morgan fingerprint density at radius 2 is 1.79 bits per heavy atom. The average Bonchev–Trinajstić information content (AvgIpc) is 3.45. The van der Waals surface area contributed by atoms with Crippen molar-refractivity contribution in [1.29, 1.82) is 0 Å². The van der Waals surface area contributed by atoms with E-state index in [4.69, 9.17) is 10.1 Å². The molecule has 0 bridgehead atoms. The van der Waals surface area contributed by atoms with Gasteiger partial charge < -0.3 is 5.32 Å². The maximum absolute atomic E-state index is 12.7. The highest BCUT2D eigenvalue weighted by Gasteiger charge is 2.31. The van der Waals surface area contributed by atoms with E-state index in [9.17, 15) is 4.79 Å². The summed E-state index contributed by atoms with van der Waals surface area (Å²) in [6, 6.07) is 16.1. The van der Waals surface area contributed by atoms with E-state index >= 15 is 0 Å². The van der Waals surface area contributed by atoms with E-state index < -0.39 is 0 Å². The number of aryl methyl sites for hydroxylation is 2. The maximum atomic E-state index is 12.7. The van der Waals surface area contributed by atoms with Gasteiger partial charge in [-0.25, -0.2) is 9.67 Å². The number of nitrogens with zero attached hydrogens (tertiary/aromatic N) is 3. The van der Waals surface area contributed by atoms with Crippen LogP contribution in [-0.4, -0.2) is 25.9 Å². The van der Waals surface area contributed by atoms with Gasteiger partial charge in [-0.1, -0.05) is 48.2 Å². The lowest BCUT2D eigenvalue weighted by Crippen LogP contribution is -2.23. The first-order chi connectivity index (χ1) is 13.5. The van der Waals surface area contributed by atoms with E-state index in [0.29, 0.717) is 11.1 Å². The smallest absolute Gasteiger partial charge is 0.237 e. The fourth-order valence-electron chi connectivity index (χ4n) is 3.17. The second kappa shape index (κ2) is 7.80. The molecule has 1 aliphatic carbocycles. The number of carbonyl (C=O) groups is 1. The number of thioether (sulfide) groups is 1. The lowest BCUT2D eigenvalue weighted by atomic mass is 10.1. The molecule has 0 spiro atoms. The number of rotatable bonds is 6. The number of carbonyl (C=O) groups excluding carboxylic acids is 1. The Balaban J connectivity index is 1.52. The van der Waals surface area contributed by atoms with Crippen LogP contribution in [0.1, 0.15) is 42.6 Å². The van der Waals surface area contributed by atoms with Gasteiger partial charge in [-0.05, 0) is 56.9 Å². The largest absolute Gasteiger partial charge is 0.325 e. The van der Waals surface area contributed by atoms with E-state index in [-0.39, 0.29) is 11.2 Å². The predicted molar refractivity (Wildman–Crippen MR) is 113 cm³/mol. The molecule has 4 rings (SSSR count). The van der Waals surface area contributed by atoms with Crippen LogP contribution in [0.25, 0.3) is 5.69 Å². The molecule has 28 heavy (non-hydrogen) atoms. The summed E-state index contributed by atoms with van der Waals surface area (Å²) in [6.45, 7) is 5.91. The van der Waals surface area contributed by atoms with Gasteiger partial charge in [0.25, 0.3) is 0 Å². The Kier molecular flexibility index (Phi) is 5.22. The van der Waals surface area contributed by atoms with Crippen LogP contribution >= 0.6 is 11.8 Å². The number of amides is 1. The molecule has 1 heterocycles. The number of nitrogens with one attached hydrogen (secondary N) is 1. The number of hydrogen-bond acceptors (Lipinski definition) is 4. The Labute approximate surface area is 169 Å². The van der Waals surface area contributed by atoms with Crippen molar-refractivity contribution < 1.29 is 4.79 Å². The summed E-state index contributed by atoms with van der Waals surface area (Å²) in [7, 11) is 0. The summed E-state index contributed by atoms with van der Waals surface area (Å²) in [6.07, 6.45) is 2.30. The fourth-order valence-corrected chi connectivity index (χ4v) is 3.92. The van der Waals surface area contributed by atoms with Crippen LogP contribution in [0, 0.1) is 13.8 Å². The fraction of sp³-hybridized carbons (Fsp3) is 0.318. The number of para-hydroxylation sites is 2. The normalized spacial score (nSPS) is 14.7. The molecule has 3 aromatic rings. The van der Waals surface area contributed by atoms with Crippen LogP contribution in [0.2, 0.25) is 0 Å². The molecular weight excluding hydrogens is 368 g/mol. The van der Waals surface area contributed by atoms with Gasteiger partial charge >= 0.3 is 0 Å². The van der Waals surface area contributed by atoms with Gasteiger partial charge in [-0.15, -0.1) is 5.10 Å². The van der Waals surface area contributed by atoms with Crippen molar-refractivity contribution in [1.82, 2.24) is 14.8 Å². The zero-order valence-corrected chi connectivity index (χ0v) is 17.2. The summed E-state index contributed by atoms with van der Waals surface area (Å²) in [5, 5.41) is 8.11. The Hall–Kier alpha value is -2.60. The highest BCUT2D eigenvalue weighted by atomic mass is 32.2. The van der Waals surface area contributed by atoms with Crippen molar-refractivity contribution >= 4 is 23.4 Å². The number of anilines is 1. The molecule has 1 fully saturated rings. The topological polar surface area (TPSA) is 59.8 Å². The van der Waals surface area contributed by atoms with Gasteiger partial charge in [0.1, 0.15) is 5.82 Å². The zero-order valence-electron chi connectivity index (χ0n) is 16.3. The highest BCUT2D eigenvalue weighted by molar-refractivity contribution is 8.00. The summed E-state index contributed by atoms with van der Waals surface area (Å²) in [5.41, 5.74) is 4.03. The Morgan fingerprint density at radius 1 is 1.11 bits per heavy atom. The highest BCUT2D eigenvalue weighted by Crippen LogP contribution is 2.40. The third kappa shape index (κ3) is 3.97. The van der Waals surface area contributed by atoms with Crippen molar-refractivity contribution in [3.63, 3.8) is 0 Å². The van der Waals surface area contributed by atoms with Crippen LogP contribution in [0.3, 0.4) is 0 Å². The molecule has 0 radical (unpaired) electrons. The first kappa shape index (κ1) is 18.7. The van der Waals surface area contributed by atoms with Gasteiger partial charge in [0.2, 0.25) is 11.1 Å². The first-order valence-electron chi connectivity index (χ1n) is 9.59. The second-order valence-corrected chi connectivity index (χ2v) is 8.60. The van der Waals surface area contributed by atoms with Crippen LogP contribution in [0.5, 0.6) is 0 Å². The molecule has 0 saturated heterocycles. The number of hydrogen-bond donors (Lipinski definition) is 1. The van der Waals surface area contributed by atoms with Gasteiger partial charge in [0, 0.05) is 11.6 Å². The third-order valence-electron chi connectivity index (χ3n) is 4.94. The third-order valence-corrected chi connectivity index (χ3v) is 5.89. The molecule has 6 heteroatoms. The molecule has 1 unspecified atom stereocenters. The van der Waals surface area contributed by atoms with E-state index in [0.717, 1.165) is 41.2 Å². The summed E-state index contributed by atoms with van der Waals surface area (Å²) in [5.74, 6) is 1.43. The van der Waals surface area contributed by atoms with E-state index in [1.54, 1.807) is 0 Å². The quantitative estimate of drug-likeness (QED) is 0.607. The van der Waals surface area contributed by atoms with Gasteiger partial charge in [-0.3, -0.25) is 4.79 Å². The monoisotopic (exact) mass is 392 g/mol. The molecule has 2 aromatic carbocycles. The van der Waals surface area contributed by atoms with Gasteiger partial charge in [-0.2, -0.15) is 0 Å². The second-order valence-electron chi connectivity index (χ2n) is 7.29. The predicted octanol–water partition coefficient (Wildman–Crippen LogP) is 4.88. The van der Waals surface area contributed by atoms with Crippen LogP contribution in [0.4, 0.5) is 5.69 Å². The van der Waals surface area contributed by atoms with Crippen molar-refractivity contribution in [2.24, 2.45) is 0 Å². The SMILES string of the molecule is Cc1cccc(C)c1NC(=O)C(C)Sc1nc(C2CC2)n(-c2ccccc2)n1. The summed E-state index contributed by atoms with van der Waals surface area (Å²) in [4.78, 5) is 17.5. The van der Waals surface area contributed by atoms with E-state index in [2.05, 4.69) is 5.32 Å².